The molecule has 3 aliphatic rings. The number of anilines is 1. The SMILES string of the molecule is CC(C)(C)OC(=O)N[C@@H]1CCCCC/C=C\C2CC2(C(=O)O)NC(=O)C2C[C@@H](Oc3nc4ccc(N)cc4nc3-c3cccs3)CN2C1=O. The average molecular weight is 691 g/mol. The van der Waals surface area contributed by atoms with E-state index in [1.807, 2.05) is 29.7 Å². The number of rotatable bonds is 5. The Morgan fingerprint density at radius 1 is 1.14 bits per heavy atom. The van der Waals surface area contributed by atoms with Crippen LogP contribution in [0.1, 0.15) is 65.7 Å². The van der Waals surface area contributed by atoms with Gasteiger partial charge in [-0.1, -0.05) is 31.1 Å². The van der Waals surface area contributed by atoms with Gasteiger partial charge in [-0.25, -0.2) is 19.6 Å². The van der Waals surface area contributed by atoms with Crippen LogP contribution < -0.4 is 21.1 Å². The van der Waals surface area contributed by atoms with Crippen molar-refractivity contribution in [2.45, 2.75) is 95.0 Å². The molecule has 2 fully saturated rings. The van der Waals surface area contributed by atoms with E-state index in [-0.39, 0.29) is 31.2 Å². The molecule has 1 aromatic carbocycles. The predicted octanol–water partition coefficient (Wildman–Crippen LogP) is 4.66. The van der Waals surface area contributed by atoms with Crippen molar-refractivity contribution < 1.29 is 33.8 Å². The lowest BCUT2D eigenvalue weighted by atomic mass is 10.0. The van der Waals surface area contributed by atoms with Crippen molar-refractivity contribution in [2.75, 3.05) is 12.3 Å². The number of alkyl carbamates (subject to hydrolysis) is 1. The van der Waals surface area contributed by atoms with E-state index < -0.39 is 53.2 Å². The Morgan fingerprint density at radius 2 is 1.96 bits per heavy atom. The normalized spacial score (nSPS) is 26.8. The second kappa shape index (κ2) is 13.7. The first-order chi connectivity index (χ1) is 23.3. The molecule has 0 spiro atoms. The fraction of sp³-hybridized carbons (Fsp3) is 0.486. The van der Waals surface area contributed by atoms with Crippen LogP contribution in [0.15, 0.2) is 47.9 Å². The monoisotopic (exact) mass is 690 g/mol. The molecule has 260 valence electrons. The summed E-state index contributed by atoms with van der Waals surface area (Å²) in [6.07, 6.45) is 6.06. The van der Waals surface area contributed by atoms with E-state index in [1.54, 1.807) is 39.0 Å². The van der Waals surface area contributed by atoms with Gasteiger partial charge in [-0.05, 0) is 76.1 Å². The van der Waals surface area contributed by atoms with E-state index in [4.69, 9.17) is 25.2 Å². The smallest absolute Gasteiger partial charge is 0.408 e. The Labute approximate surface area is 288 Å². The maximum atomic E-state index is 14.3. The minimum Gasteiger partial charge on any atom is -0.479 e. The Hall–Kier alpha value is -4.72. The molecule has 1 saturated carbocycles. The van der Waals surface area contributed by atoms with E-state index in [2.05, 4.69) is 10.6 Å². The number of aliphatic carboxylic acids is 1. The summed E-state index contributed by atoms with van der Waals surface area (Å²) in [7, 11) is 0. The van der Waals surface area contributed by atoms with Crippen molar-refractivity contribution >= 4 is 51.9 Å². The van der Waals surface area contributed by atoms with Gasteiger partial charge in [0.05, 0.1) is 22.5 Å². The Balaban J connectivity index is 1.33. The van der Waals surface area contributed by atoms with Crippen LogP contribution in [0.5, 0.6) is 5.88 Å². The molecule has 0 radical (unpaired) electrons. The lowest BCUT2D eigenvalue weighted by Crippen LogP contribution is -2.56. The lowest BCUT2D eigenvalue weighted by Gasteiger charge is -2.30. The highest BCUT2D eigenvalue weighted by Gasteiger charge is 2.61. The quantitative estimate of drug-likeness (QED) is 0.217. The number of amides is 3. The lowest BCUT2D eigenvalue weighted by molar-refractivity contribution is -0.145. The summed E-state index contributed by atoms with van der Waals surface area (Å²) in [6, 6.07) is 6.95. The van der Waals surface area contributed by atoms with Crippen LogP contribution in [0.3, 0.4) is 0 Å². The number of thiophene rings is 1. The molecule has 1 aliphatic carbocycles. The van der Waals surface area contributed by atoms with E-state index in [0.29, 0.717) is 35.3 Å². The fourth-order valence-corrected chi connectivity index (χ4v) is 7.17. The number of hydrogen-bond acceptors (Lipinski definition) is 10. The van der Waals surface area contributed by atoms with Gasteiger partial charge in [-0.3, -0.25) is 9.59 Å². The Kier molecular flexibility index (Phi) is 9.52. The first-order valence-corrected chi connectivity index (χ1v) is 17.5. The number of ether oxygens (including phenoxy) is 2. The number of carbonyl (C=O) groups is 4. The van der Waals surface area contributed by atoms with Crippen molar-refractivity contribution in [1.29, 1.82) is 0 Å². The largest absolute Gasteiger partial charge is 0.479 e. The molecule has 1 saturated heterocycles. The highest BCUT2D eigenvalue weighted by Crippen LogP contribution is 2.45. The van der Waals surface area contributed by atoms with Crippen molar-refractivity contribution in [2.24, 2.45) is 5.92 Å². The average Bonchev–Trinajstić information content (AvgIpc) is 3.33. The highest BCUT2D eigenvalue weighted by molar-refractivity contribution is 7.13. The number of aromatic nitrogens is 2. The highest BCUT2D eigenvalue weighted by atomic mass is 32.1. The Bertz CT molecular complexity index is 1770. The maximum absolute atomic E-state index is 14.3. The van der Waals surface area contributed by atoms with Crippen LogP contribution in [0.4, 0.5) is 10.5 Å². The van der Waals surface area contributed by atoms with Crippen LogP contribution >= 0.6 is 11.3 Å². The first kappa shape index (κ1) is 34.2. The number of hydrogen-bond donors (Lipinski definition) is 4. The number of nitrogens with zero attached hydrogens (tertiary/aromatic N) is 3. The molecule has 14 heteroatoms. The molecule has 0 bridgehead atoms. The van der Waals surface area contributed by atoms with Crippen LogP contribution in [0.2, 0.25) is 0 Å². The summed E-state index contributed by atoms with van der Waals surface area (Å²) in [6.45, 7) is 5.21. The van der Waals surface area contributed by atoms with Gasteiger partial charge in [-0.15, -0.1) is 11.3 Å². The molecular weight excluding hydrogens is 648 g/mol. The van der Waals surface area contributed by atoms with Gasteiger partial charge in [0.1, 0.15) is 35.0 Å². The molecule has 6 rings (SSSR count). The van der Waals surface area contributed by atoms with Gasteiger partial charge < -0.3 is 35.8 Å². The minimum absolute atomic E-state index is 0.00183. The first-order valence-electron chi connectivity index (χ1n) is 16.6. The molecule has 2 aromatic heterocycles. The van der Waals surface area contributed by atoms with Gasteiger partial charge in [-0.2, -0.15) is 0 Å². The molecule has 3 amide bonds. The molecule has 3 unspecified atom stereocenters. The molecule has 5 atom stereocenters. The summed E-state index contributed by atoms with van der Waals surface area (Å²) in [5.74, 6) is -2.31. The van der Waals surface area contributed by atoms with Gasteiger partial charge >= 0.3 is 12.1 Å². The number of carboxylic acids is 1. The van der Waals surface area contributed by atoms with Gasteiger partial charge in [0.25, 0.3) is 0 Å². The van der Waals surface area contributed by atoms with Crippen LogP contribution in [-0.4, -0.2) is 79.7 Å². The number of carboxylic acid groups (broad SMARTS) is 1. The van der Waals surface area contributed by atoms with Crippen molar-refractivity contribution in [3.63, 3.8) is 0 Å². The number of nitrogens with one attached hydrogen (secondary N) is 2. The number of benzene rings is 1. The molecule has 2 aliphatic heterocycles. The number of carbonyl (C=O) groups excluding carboxylic acids is 3. The van der Waals surface area contributed by atoms with Gasteiger partial charge in [0, 0.05) is 18.0 Å². The maximum Gasteiger partial charge on any atom is 0.408 e. The zero-order valence-corrected chi connectivity index (χ0v) is 28.6. The molecule has 4 heterocycles. The number of nitrogens with two attached hydrogens (primary N) is 1. The summed E-state index contributed by atoms with van der Waals surface area (Å²) >= 11 is 1.46. The van der Waals surface area contributed by atoms with E-state index in [1.165, 1.54) is 16.2 Å². The molecule has 49 heavy (non-hydrogen) atoms. The van der Waals surface area contributed by atoms with Crippen molar-refractivity contribution in [3.05, 3.63) is 47.9 Å². The summed E-state index contributed by atoms with van der Waals surface area (Å²) in [4.78, 5) is 65.4. The number of fused-ring (bicyclic) bond motifs is 3. The third-order valence-electron chi connectivity index (χ3n) is 9.00. The van der Waals surface area contributed by atoms with Crippen molar-refractivity contribution in [3.8, 4) is 16.5 Å². The fourth-order valence-electron chi connectivity index (χ4n) is 6.47. The molecule has 5 N–H and O–H groups in total. The summed E-state index contributed by atoms with van der Waals surface area (Å²) < 4.78 is 12.0. The summed E-state index contributed by atoms with van der Waals surface area (Å²) in [5, 5.41) is 17.6. The van der Waals surface area contributed by atoms with Crippen molar-refractivity contribution in [1.82, 2.24) is 25.5 Å². The number of allylic oxidation sites excluding steroid dienone is 1. The molecular formula is C35H42N6O7S. The van der Waals surface area contributed by atoms with E-state index in [0.717, 1.165) is 24.1 Å². The molecule has 13 nitrogen and oxygen atoms in total. The molecule has 3 aromatic rings. The van der Waals surface area contributed by atoms with E-state index in [9.17, 15) is 24.3 Å². The summed E-state index contributed by atoms with van der Waals surface area (Å²) in [5.41, 5.74) is 5.96. The third-order valence-corrected chi connectivity index (χ3v) is 9.88. The standard InChI is InChI=1S/C35H42N6O7S/c1-34(2,3)48-33(46)39-24-11-8-6-4-5-7-10-20-18-35(20,32(44)45)40-29(42)26-17-22(19-41(26)31(24)43)47-30-28(27-12-9-15-49-27)37-25-16-21(36)13-14-23(25)38-30/h7,9-10,12-16,20,22,24,26H,4-6,8,11,17-19,36H2,1-3H3,(H,39,46)(H,40,42)(H,44,45)/b10-7-/t20?,22-,24-,26?,35?/m1/s1. The second-order valence-corrected chi connectivity index (χ2v) is 14.9. The predicted molar refractivity (Wildman–Crippen MR) is 184 cm³/mol. The van der Waals surface area contributed by atoms with Gasteiger partial charge in [0.15, 0.2) is 0 Å². The second-order valence-electron chi connectivity index (χ2n) is 13.9. The van der Waals surface area contributed by atoms with Crippen LogP contribution in [0, 0.1) is 5.92 Å². The van der Waals surface area contributed by atoms with Gasteiger partial charge in [0.2, 0.25) is 17.7 Å². The Morgan fingerprint density at radius 3 is 2.69 bits per heavy atom. The van der Waals surface area contributed by atoms with Crippen LogP contribution in [0.25, 0.3) is 21.6 Å². The topological polar surface area (TPSA) is 186 Å². The zero-order chi connectivity index (χ0) is 34.9. The number of nitrogen functional groups attached to an aromatic ring is 1. The minimum atomic E-state index is -1.45. The third kappa shape index (κ3) is 7.64. The van der Waals surface area contributed by atoms with E-state index >= 15 is 0 Å². The zero-order valence-electron chi connectivity index (χ0n) is 27.8. The van der Waals surface area contributed by atoms with Crippen LogP contribution in [-0.2, 0) is 19.1 Å².